The molecule has 1 aliphatic rings. The van der Waals surface area contributed by atoms with E-state index in [4.69, 9.17) is 15.5 Å². The third-order valence-corrected chi connectivity index (χ3v) is 4.65. The third-order valence-electron chi connectivity index (χ3n) is 4.65. The molecule has 0 aliphatic carbocycles. The standard InChI is InChI=1S/C20H18N4O3/c1-27-20(26)13-7-3-5-9-16(13)24-18(15-10-11-17(21)22-15)23-14-8-4-2-6-12(14)19(24)25/h2-9,15H,10-11H2,1H3,(H2,21,22)/t15-/m0/s1. The lowest BCUT2D eigenvalue weighted by molar-refractivity contribution is 0.0600. The number of amidine groups is 1. The fourth-order valence-electron chi connectivity index (χ4n) is 3.36. The quantitative estimate of drug-likeness (QED) is 0.721. The molecule has 1 aromatic heterocycles. The molecule has 136 valence electrons. The fraction of sp³-hybridized carbons (Fsp3) is 0.200. The summed E-state index contributed by atoms with van der Waals surface area (Å²) in [5, 5.41) is 0.468. The topological polar surface area (TPSA) is 99.6 Å². The summed E-state index contributed by atoms with van der Waals surface area (Å²) in [6.45, 7) is 0. The first-order valence-corrected chi connectivity index (χ1v) is 8.61. The van der Waals surface area contributed by atoms with Gasteiger partial charge < -0.3 is 10.5 Å². The Labute approximate surface area is 155 Å². The first-order valence-electron chi connectivity index (χ1n) is 8.61. The Morgan fingerprint density at radius 1 is 1.19 bits per heavy atom. The van der Waals surface area contributed by atoms with Gasteiger partial charge in [0.1, 0.15) is 11.9 Å². The van der Waals surface area contributed by atoms with Gasteiger partial charge in [0.2, 0.25) is 0 Å². The Balaban J connectivity index is 2.07. The third kappa shape index (κ3) is 2.87. The summed E-state index contributed by atoms with van der Waals surface area (Å²) in [5.74, 6) is 0.483. The molecule has 7 heteroatoms. The molecule has 0 amide bonds. The highest BCUT2D eigenvalue weighted by Crippen LogP contribution is 2.29. The molecule has 1 aliphatic heterocycles. The number of aromatic nitrogens is 2. The van der Waals surface area contributed by atoms with Crippen molar-refractivity contribution in [1.29, 1.82) is 0 Å². The Hall–Kier alpha value is -3.48. The van der Waals surface area contributed by atoms with Crippen LogP contribution in [0, 0.1) is 0 Å². The van der Waals surface area contributed by atoms with Crippen molar-refractivity contribution in [2.24, 2.45) is 10.7 Å². The maximum absolute atomic E-state index is 13.3. The Bertz CT molecular complexity index is 1130. The van der Waals surface area contributed by atoms with Gasteiger partial charge in [0.25, 0.3) is 5.56 Å². The van der Waals surface area contributed by atoms with Crippen molar-refractivity contribution in [2.75, 3.05) is 7.11 Å². The molecule has 2 N–H and O–H groups in total. The van der Waals surface area contributed by atoms with Crippen molar-refractivity contribution < 1.29 is 9.53 Å². The van der Waals surface area contributed by atoms with Crippen LogP contribution < -0.4 is 11.3 Å². The van der Waals surface area contributed by atoms with Crippen LogP contribution in [0.4, 0.5) is 0 Å². The van der Waals surface area contributed by atoms with Gasteiger partial charge in [0.05, 0.1) is 35.1 Å². The number of hydrogen-bond acceptors (Lipinski definition) is 6. The second-order valence-corrected chi connectivity index (χ2v) is 6.31. The number of fused-ring (bicyclic) bond motifs is 1. The van der Waals surface area contributed by atoms with Gasteiger partial charge in [0, 0.05) is 6.42 Å². The average molecular weight is 362 g/mol. The second-order valence-electron chi connectivity index (χ2n) is 6.31. The number of rotatable bonds is 3. The van der Waals surface area contributed by atoms with E-state index in [-0.39, 0.29) is 17.2 Å². The number of hydrogen-bond donors (Lipinski definition) is 1. The van der Waals surface area contributed by atoms with Gasteiger partial charge in [-0.2, -0.15) is 0 Å². The lowest BCUT2D eigenvalue weighted by atomic mass is 10.1. The summed E-state index contributed by atoms with van der Waals surface area (Å²) in [6, 6.07) is 13.6. The zero-order valence-corrected chi connectivity index (χ0v) is 14.8. The van der Waals surface area contributed by atoms with Crippen molar-refractivity contribution >= 4 is 22.7 Å². The predicted molar refractivity (Wildman–Crippen MR) is 102 cm³/mol. The molecule has 0 unspecified atom stereocenters. The van der Waals surface area contributed by atoms with Crippen LogP contribution in [0.1, 0.15) is 35.1 Å². The van der Waals surface area contributed by atoms with Crippen LogP contribution >= 0.6 is 0 Å². The van der Waals surface area contributed by atoms with Crippen molar-refractivity contribution in [3.05, 3.63) is 70.3 Å². The van der Waals surface area contributed by atoms with Gasteiger partial charge in [-0.05, 0) is 30.7 Å². The van der Waals surface area contributed by atoms with Crippen LogP contribution in [0.15, 0.2) is 58.3 Å². The zero-order chi connectivity index (χ0) is 19.0. The second kappa shape index (κ2) is 6.68. The minimum atomic E-state index is -0.522. The molecule has 3 aromatic rings. The number of ether oxygens (including phenoxy) is 1. The summed E-state index contributed by atoms with van der Waals surface area (Å²) >= 11 is 0. The maximum Gasteiger partial charge on any atom is 0.339 e. The van der Waals surface area contributed by atoms with Crippen LogP contribution in [0.2, 0.25) is 0 Å². The lowest BCUT2D eigenvalue weighted by Crippen LogP contribution is -2.26. The van der Waals surface area contributed by atoms with Gasteiger partial charge in [0.15, 0.2) is 0 Å². The number of methoxy groups -OCH3 is 1. The van der Waals surface area contributed by atoms with Crippen molar-refractivity contribution in [2.45, 2.75) is 18.9 Å². The van der Waals surface area contributed by atoms with E-state index in [0.29, 0.717) is 41.1 Å². The molecule has 7 nitrogen and oxygen atoms in total. The van der Waals surface area contributed by atoms with Gasteiger partial charge >= 0.3 is 5.97 Å². The van der Waals surface area contributed by atoms with E-state index in [1.165, 1.54) is 11.7 Å². The number of benzene rings is 2. The largest absolute Gasteiger partial charge is 0.465 e. The molecule has 0 spiro atoms. The number of nitrogens with two attached hydrogens (primary N) is 1. The molecule has 27 heavy (non-hydrogen) atoms. The smallest absolute Gasteiger partial charge is 0.339 e. The lowest BCUT2D eigenvalue weighted by Gasteiger charge is -2.18. The number of para-hydroxylation sites is 2. The normalized spacial score (nSPS) is 16.3. The SMILES string of the molecule is COC(=O)c1ccccc1-n1c([C@@H]2CCC(N)=N2)nc2ccccc2c1=O. The Morgan fingerprint density at radius 2 is 1.93 bits per heavy atom. The van der Waals surface area contributed by atoms with E-state index >= 15 is 0 Å². The van der Waals surface area contributed by atoms with E-state index in [9.17, 15) is 9.59 Å². The molecule has 0 bridgehead atoms. The van der Waals surface area contributed by atoms with E-state index < -0.39 is 5.97 Å². The predicted octanol–water partition coefficient (Wildman–Crippen LogP) is 2.36. The van der Waals surface area contributed by atoms with E-state index in [1.54, 1.807) is 42.5 Å². The highest BCUT2D eigenvalue weighted by atomic mass is 16.5. The van der Waals surface area contributed by atoms with Crippen LogP contribution in [0.25, 0.3) is 16.6 Å². The zero-order valence-electron chi connectivity index (χ0n) is 14.8. The first kappa shape index (κ1) is 17.0. The molecule has 0 radical (unpaired) electrons. The highest BCUT2D eigenvalue weighted by Gasteiger charge is 2.26. The highest BCUT2D eigenvalue weighted by molar-refractivity contribution is 5.93. The molecule has 0 saturated carbocycles. The number of aliphatic imine (C=N–C) groups is 1. The number of nitrogens with zero attached hydrogens (tertiary/aromatic N) is 3. The van der Waals surface area contributed by atoms with Crippen LogP contribution in [0.5, 0.6) is 0 Å². The number of carbonyl (C=O) groups is 1. The van der Waals surface area contributed by atoms with Crippen molar-refractivity contribution in [1.82, 2.24) is 9.55 Å². The monoisotopic (exact) mass is 362 g/mol. The molecule has 1 atom stereocenters. The van der Waals surface area contributed by atoms with E-state index in [2.05, 4.69) is 4.99 Å². The Kier molecular flexibility index (Phi) is 4.19. The van der Waals surface area contributed by atoms with E-state index in [0.717, 1.165) is 0 Å². The van der Waals surface area contributed by atoms with Crippen LogP contribution in [0.3, 0.4) is 0 Å². The minimum absolute atomic E-state index is 0.257. The fourth-order valence-corrected chi connectivity index (χ4v) is 3.36. The van der Waals surface area contributed by atoms with Gasteiger partial charge in [-0.15, -0.1) is 0 Å². The molecule has 0 fully saturated rings. The van der Waals surface area contributed by atoms with E-state index in [1.807, 2.05) is 6.07 Å². The molecular formula is C20H18N4O3. The number of carbonyl (C=O) groups excluding carboxylic acids is 1. The molecule has 0 saturated heterocycles. The molecule has 4 rings (SSSR count). The van der Waals surface area contributed by atoms with Gasteiger partial charge in [-0.3, -0.25) is 14.4 Å². The molecular weight excluding hydrogens is 344 g/mol. The summed E-state index contributed by atoms with van der Waals surface area (Å²) < 4.78 is 6.35. The Morgan fingerprint density at radius 3 is 2.67 bits per heavy atom. The summed E-state index contributed by atoms with van der Waals surface area (Å²) in [5.41, 5.74) is 6.90. The van der Waals surface area contributed by atoms with Crippen molar-refractivity contribution in [3.63, 3.8) is 0 Å². The minimum Gasteiger partial charge on any atom is -0.465 e. The van der Waals surface area contributed by atoms with Crippen molar-refractivity contribution in [3.8, 4) is 5.69 Å². The first-order chi connectivity index (χ1) is 13.1. The maximum atomic E-state index is 13.3. The van der Waals surface area contributed by atoms with Crippen LogP contribution in [-0.2, 0) is 4.74 Å². The average Bonchev–Trinajstić information content (AvgIpc) is 3.13. The van der Waals surface area contributed by atoms with Gasteiger partial charge in [-0.1, -0.05) is 24.3 Å². The van der Waals surface area contributed by atoms with Crippen LogP contribution in [-0.4, -0.2) is 28.5 Å². The summed E-state index contributed by atoms with van der Waals surface area (Å²) in [4.78, 5) is 34.8. The van der Waals surface area contributed by atoms with Gasteiger partial charge in [-0.25, -0.2) is 9.78 Å². The number of esters is 1. The molecule has 2 heterocycles. The summed E-state index contributed by atoms with van der Waals surface area (Å²) in [7, 11) is 1.31. The molecule has 2 aromatic carbocycles. The summed E-state index contributed by atoms with van der Waals surface area (Å²) in [6.07, 6.45) is 1.31.